The highest BCUT2D eigenvalue weighted by molar-refractivity contribution is 6.45. The monoisotopic (exact) mass is 387 g/mol. The first kappa shape index (κ1) is 19.1. The fraction of sp³-hybridized carbons (Fsp3) is 0.211. The second-order valence-corrected chi connectivity index (χ2v) is 5.53. The number of nitriles is 1. The number of hydrogen-bond donors (Lipinski definition) is 0. The minimum Gasteiger partial charge on any atom is -0.483 e. The third-order valence-corrected chi connectivity index (χ3v) is 3.72. The predicted molar refractivity (Wildman–Crippen MR) is 94.7 cm³/mol. The summed E-state index contributed by atoms with van der Waals surface area (Å²) in [5.41, 5.74) is 1.20. The third-order valence-electron chi connectivity index (χ3n) is 3.72. The lowest BCUT2D eigenvalue weighted by Crippen LogP contribution is -2.26. The largest absolute Gasteiger partial charge is 0.483 e. The van der Waals surface area contributed by atoms with Gasteiger partial charge in [0.2, 0.25) is 0 Å². The average molecular weight is 387 g/mol. The second-order valence-electron chi connectivity index (χ2n) is 5.53. The smallest absolute Gasteiger partial charge is 0.280 e. The number of hydrogen-bond acceptors (Lipinski definition) is 7. The number of benzene rings is 2. The van der Waals surface area contributed by atoms with Crippen LogP contribution in [0.3, 0.4) is 0 Å². The van der Waals surface area contributed by atoms with Crippen molar-refractivity contribution in [1.82, 2.24) is 0 Å². The molecule has 0 unspecified atom stereocenters. The molecule has 28 heavy (non-hydrogen) atoms. The molecule has 2 aromatic carbocycles. The van der Waals surface area contributed by atoms with Crippen molar-refractivity contribution in [2.75, 3.05) is 20.3 Å². The summed E-state index contributed by atoms with van der Waals surface area (Å²) in [6, 6.07) is 10.4. The Morgan fingerprint density at radius 3 is 2.64 bits per heavy atom. The highest BCUT2D eigenvalue weighted by Gasteiger charge is 2.22. The van der Waals surface area contributed by atoms with Gasteiger partial charge in [0.15, 0.2) is 29.7 Å². The summed E-state index contributed by atoms with van der Waals surface area (Å²) in [7, 11) is 1.37. The molecule has 0 radical (unpaired) electrons. The van der Waals surface area contributed by atoms with Gasteiger partial charge in [-0.3, -0.25) is 0 Å². The van der Waals surface area contributed by atoms with Gasteiger partial charge in [-0.1, -0.05) is 29.4 Å². The first-order valence-corrected chi connectivity index (χ1v) is 8.18. The van der Waals surface area contributed by atoms with Crippen molar-refractivity contribution < 1.29 is 27.9 Å². The molecule has 9 heteroatoms. The van der Waals surface area contributed by atoms with Crippen molar-refractivity contribution in [3.63, 3.8) is 0 Å². The number of rotatable bonds is 6. The SMILES string of the molecule is CO/N=C(/C1=NOCCO1)c1ccccc1COc1c(F)cc(C#N)cc1F. The molecule has 7 nitrogen and oxygen atoms in total. The Kier molecular flexibility index (Phi) is 6.01. The summed E-state index contributed by atoms with van der Waals surface area (Å²) in [6.45, 7) is 0.431. The number of nitrogens with zero attached hydrogens (tertiary/aromatic N) is 3. The van der Waals surface area contributed by atoms with Gasteiger partial charge in [-0.15, -0.1) is 0 Å². The van der Waals surface area contributed by atoms with Gasteiger partial charge in [0.25, 0.3) is 5.90 Å². The van der Waals surface area contributed by atoms with Crippen LogP contribution in [0.2, 0.25) is 0 Å². The Hall–Kier alpha value is -3.67. The molecule has 1 aliphatic rings. The summed E-state index contributed by atoms with van der Waals surface area (Å²) in [6.07, 6.45) is 0. The normalized spacial score (nSPS) is 13.6. The first-order chi connectivity index (χ1) is 13.6. The highest BCUT2D eigenvalue weighted by atomic mass is 19.1. The maximum atomic E-state index is 14.1. The molecule has 0 N–H and O–H groups in total. The number of oxime groups is 2. The number of ether oxygens (including phenoxy) is 2. The summed E-state index contributed by atoms with van der Waals surface area (Å²) in [4.78, 5) is 9.90. The van der Waals surface area contributed by atoms with E-state index in [4.69, 9.17) is 24.4 Å². The van der Waals surface area contributed by atoms with Crippen molar-refractivity contribution in [2.45, 2.75) is 6.61 Å². The van der Waals surface area contributed by atoms with E-state index in [0.717, 1.165) is 12.1 Å². The third kappa shape index (κ3) is 4.17. The molecule has 1 heterocycles. The molecular formula is C19H15F2N3O4. The van der Waals surface area contributed by atoms with Gasteiger partial charge < -0.3 is 19.1 Å². The van der Waals surface area contributed by atoms with E-state index < -0.39 is 17.4 Å². The molecule has 0 atom stereocenters. The van der Waals surface area contributed by atoms with Gasteiger partial charge in [-0.25, -0.2) is 8.78 Å². The van der Waals surface area contributed by atoms with Gasteiger partial charge in [-0.2, -0.15) is 5.26 Å². The van der Waals surface area contributed by atoms with Crippen LogP contribution in [-0.2, 0) is 21.0 Å². The Morgan fingerprint density at radius 1 is 1.25 bits per heavy atom. The zero-order chi connectivity index (χ0) is 19.9. The van der Waals surface area contributed by atoms with Gasteiger partial charge in [0, 0.05) is 5.56 Å². The fourth-order valence-corrected chi connectivity index (χ4v) is 2.50. The first-order valence-electron chi connectivity index (χ1n) is 8.18. The van der Waals surface area contributed by atoms with Crippen LogP contribution in [0.1, 0.15) is 16.7 Å². The molecule has 0 amide bonds. The molecule has 144 valence electrons. The maximum absolute atomic E-state index is 14.1. The van der Waals surface area contributed by atoms with Crippen molar-refractivity contribution in [3.05, 3.63) is 64.7 Å². The molecule has 0 spiro atoms. The minimum atomic E-state index is -0.965. The molecule has 0 aromatic heterocycles. The molecule has 0 aliphatic carbocycles. The number of halogens is 2. The topological polar surface area (TPSA) is 85.4 Å². The van der Waals surface area contributed by atoms with Crippen molar-refractivity contribution in [3.8, 4) is 11.8 Å². The summed E-state index contributed by atoms with van der Waals surface area (Å²) >= 11 is 0. The standard InChI is InChI=1S/C19H15F2N3O4/c1-25-23-17(19-24-28-7-6-26-19)14-5-3-2-4-13(14)11-27-18-15(20)8-12(10-22)9-16(18)21/h2-5,8-9H,6-7,11H2,1H3/b23-17+. The minimum absolute atomic E-state index is 0.122. The van der Waals surface area contributed by atoms with Crippen LogP contribution in [0.4, 0.5) is 8.78 Å². The zero-order valence-electron chi connectivity index (χ0n) is 14.8. The lowest BCUT2D eigenvalue weighted by Gasteiger charge is -2.17. The molecule has 0 bridgehead atoms. The van der Waals surface area contributed by atoms with E-state index in [-0.39, 0.29) is 23.8 Å². The van der Waals surface area contributed by atoms with Gasteiger partial charge in [0.1, 0.15) is 20.3 Å². The Bertz CT molecular complexity index is 947. The van der Waals surface area contributed by atoms with Crippen LogP contribution in [0.5, 0.6) is 5.75 Å². The van der Waals surface area contributed by atoms with E-state index in [1.165, 1.54) is 7.11 Å². The zero-order valence-corrected chi connectivity index (χ0v) is 14.8. The van der Waals surface area contributed by atoms with E-state index >= 15 is 0 Å². The lowest BCUT2D eigenvalue weighted by atomic mass is 10.0. The molecular weight excluding hydrogens is 372 g/mol. The van der Waals surface area contributed by atoms with Crippen LogP contribution >= 0.6 is 0 Å². The van der Waals surface area contributed by atoms with Crippen molar-refractivity contribution in [2.24, 2.45) is 10.3 Å². The van der Waals surface area contributed by atoms with Gasteiger partial charge in [0.05, 0.1) is 11.6 Å². The van der Waals surface area contributed by atoms with E-state index in [9.17, 15) is 8.78 Å². The van der Waals surface area contributed by atoms with Crippen LogP contribution in [0.25, 0.3) is 0 Å². The second kappa shape index (κ2) is 8.81. The summed E-state index contributed by atoms with van der Waals surface area (Å²) < 4.78 is 38.9. The van der Waals surface area contributed by atoms with Crippen molar-refractivity contribution in [1.29, 1.82) is 5.26 Å². The van der Waals surface area contributed by atoms with Gasteiger partial charge in [-0.05, 0) is 22.9 Å². The average Bonchev–Trinajstić information content (AvgIpc) is 2.72. The van der Waals surface area contributed by atoms with Gasteiger partial charge >= 0.3 is 0 Å². The predicted octanol–water partition coefficient (Wildman–Crippen LogP) is 3.13. The Morgan fingerprint density at radius 2 is 2.00 bits per heavy atom. The lowest BCUT2D eigenvalue weighted by molar-refractivity contribution is 0.0672. The van der Waals surface area contributed by atoms with Crippen LogP contribution in [0, 0.1) is 23.0 Å². The molecule has 2 aromatic rings. The molecule has 0 saturated carbocycles. The molecule has 3 rings (SSSR count). The van der Waals surface area contributed by atoms with Crippen LogP contribution < -0.4 is 4.74 Å². The quantitative estimate of drug-likeness (QED) is 0.562. The van der Waals surface area contributed by atoms with Crippen LogP contribution in [0.15, 0.2) is 46.7 Å². The highest BCUT2D eigenvalue weighted by Crippen LogP contribution is 2.25. The maximum Gasteiger partial charge on any atom is 0.280 e. The Balaban J connectivity index is 1.90. The summed E-state index contributed by atoms with van der Waals surface area (Å²) in [5, 5.41) is 16.5. The van der Waals surface area contributed by atoms with E-state index in [1.54, 1.807) is 30.3 Å². The molecule has 0 saturated heterocycles. The van der Waals surface area contributed by atoms with Crippen molar-refractivity contribution >= 4 is 11.6 Å². The fourth-order valence-electron chi connectivity index (χ4n) is 2.50. The van der Waals surface area contributed by atoms with E-state index in [2.05, 4.69) is 10.3 Å². The molecule has 1 aliphatic heterocycles. The Labute approximate surface area is 159 Å². The van der Waals surface area contributed by atoms with Crippen LogP contribution in [-0.4, -0.2) is 31.9 Å². The summed E-state index contributed by atoms with van der Waals surface area (Å²) in [5.74, 6) is -2.38. The van der Waals surface area contributed by atoms with E-state index in [0.29, 0.717) is 24.3 Å². The van der Waals surface area contributed by atoms with E-state index in [1.807, 2.05) is 0 Å². The molecule has 0 fully saturated rings.